The Kier molecular flexibility index (Phi) is 5.89. The molecule has 8 N–H and O–H groups in total. The number of carbonyl (C=O) groups excluding carboxylic acids is 2. The van der Waals surface area contributed by atoms with Gasteiger partial charge in [-0.2, -0.15) is 0 Å². The van der Waals surface area contributed by atoms with Crippen molar-refractivity contribution >= 4 is 17.5 Å². The van der Waals surface area contributed by atoms with Gasteiger partial charge in [0.1, 0.15) is 28.1 Å². The molecular formula is C26H28O13. The highest BCUT2D eigenvalue weighted by Gasteiger charge is 2.75. The van der Waals surface area contributed by atoms with Crippen molar-refractivity contribution in [2.24, 2.45) is 0 Å². The lowest BCUT2D eigenvalue weighted by Crippen LogP contribution is -2.85. The third kappa shape index (κ3) is 3.41. The summed E-state index contributed by atoms with van der Waals surface area (Å²) in [5, 5.41) is 84.5. The molecule has 0 amide bonds. The SMILES string of the molecule is CC1(CO)OC(C)(Oc2cc3c(c(O)c2O)C(=O)c2cc(C(=O)O)c(O)cc2C3=O)C(C)(O)C(C)(O)C1(C)O. The second-order valence-electron chi connectivity index (χ2n) is 10.6. The van der Waals surface area contributed by atoms with Crippen molar-refractivity contribution in [3.8, 4) is 23.0 Å². The summed E-state index contributed by atoms with van der Waals surface area (Å²) >= 11 is 0. The molecule has 1 saturated heterocycles. The number of hydrogen-bond acceptors (Lipinski definition) is 12. The quantitative estimate of drug-likeness (QED) is 0.207. The van der Waals surface area contributed by atoms with E-state index in [1.165, 1.54) is 6.92 Å². The highest BCUT2D eigenvalue weighted by molar-refractivity contribution is 6.30. The average Bonchev–Trinajstić information content (AvgIpc) is 2.83. The van der Waals surface area contributed by atoms with E-state index in [0.717, 1.165) is 45.9 Å². The number of carbonyl (C=O) groups is 3. The first-order valence-electron chi connectivity index (χ1n) is 11.6. The van der Waals surface area contributed by atoms with Crippen molar-refractivity contribution in [2.45, 2.75) is 62.8 Å². The van der Waals surface area contributed by atoms with Gasteiger partial charge in [0.2, 0.25) is 11.5 Å². The second-order valence-corrected chi connectivity index (χ2v) is 10.6. The van der Waals surface area contributed by atoms with Gasteiger partial charge in [0, 0.05) is 23.6 Å². The fraction of sp³-hybridized carbons (Fsp3) is 0.423. The predicted octanol–water partition coefficient (Wildman–Crippen LogP) is 0.406. The minimum atomic E-state index is -2.48. The van der Waals surface area contributed by atoms with Crippen molar-refractivity contribution in [2.75, 3.05) is 6.61 Å². The van der Waals surface area contributed by atoms with E-state index in [1.54, 1.807) is 0 Å². The molecular weight excluding hydrogens is 520 g/mol. The number of aromatic hydroxyl groups is 3. The van der Waals surface area contributed by atoms with Crippen LogP contribution in [0.15, 0.2) is 18.2 Å². The molecule has 1 aliphatic heterocycles. The predicted molar refractivity (Wildman–Crippen MR) is 129 cm³/mol. The van der Waals surface area contributed by atoms with Crippen LogP contribution in [-0.2, 0) is 4.74 Å². The van der Waals surface area contributed by atoms with E-state index in [0.29, 0.717) is 0 Å². The van der Waals surface area contributed by atoms with Gasteiger partial charge in [-0.1, -0.05) is 0 Å². The third-order valence-corrected chi connectivity index (χ3v) is 8.40. The van der Waals surface area contributed by atoms with Crippen molar-refractivity contribution in [1.29, 1.82) is 0 Å². The fourth-order valence-corrected chi connectivity index (χ4v) is 5.11. The Morgan fingerprint density at radius 2 is 1.38 bits per heavy atom. The molecule has 210 valence electrons. The molecule has 5 unspecified atom stereocenters. The van der Waals surface area contributed by atoms with Gasteiger partial charge < -0.3 is 50.3 Å². The zero-order valence-electron chi connectivity index (χ0n) is 21.6. The lowest BCUT2D eigenvalue weighted by Gasteiger charge is -2.64. The smallest absolute Gasteiger partial charge is 0.339 e. The number of phenolic OH excluding ortho intramolecular Hbond substituents is 2. The van der Waals surface area contributed by atoms with Crippen molar-refractivity contribution in [1.82, 2.24) is 0 Å². The molecule has 13 heteroatoms. The van der Waals surface area contributed by atoms with Crippen LogP contribution in [0.5, 0.6) is 23.0 Å². The number of rotatable bonds is 4. The van der Waals surface area contributed by atoms with Gasteiger partial charge in [-0.05, 0) is 45.9 Å². The molecule has 0 saturated carbocycles. The Balaban J connectivity index is 1.89. The van der Waals surface area contributed by atoms with Crippen LogP contribution < -0.4 is 4.74 Å². The van der Waals surface area contributed by atoms with E-state index in [-0.39, 0.29) is 5.56 Å². The summed E-state index contributed by atoms with van der Waals surface area (Å²) in [6.07, 6.45) is 0. The number of aliphatic hydroxyl groups is 4. The van der Waals surface area contributed by atoms with Crippen LogP contribution in [0.3, 0.4) is 0 Å². The van der Waals surface area contributed by atoms with Gasteiger partial charge in [-0.15, -0.1) is 0 Å². The summed E-state index contributed by atoms with van der Waals surface area (Å²) in [6.45, 7) is 4.76. The van der Waals surface area contributed by atoms with E-state index in [9.17, 15) is 55.2 Å². The van der Waals surface area contributed by atoms with Crippen LogP contribution >= 0.6 is 0 Å². The van der Waals surface area contributed by atoms with E-state index in [4.69, 9.17) is 9.47 Å². The van der Waals surface area contributed by atoms with Crippen molar-refractivity contribution in [3.63, 3.8) is 0 Å². The largest absolute Gasteiger partial charge is 0.507 e. The highest BCUT2D eigenvalue weighted by atomic mass is 16.7. The molecule has 5 atom stereocenters. The zero-order chi connectivity index (χ0) is 29.7. The molecule has 0 aromatic heterocycles. The number of hydrogen-bond donors (Lipinski definition) is 8. The summed E-state index contributed by atoms with van der Waals surface area (Å²) in [7, 11) is 0. The first-order chi connectivity index (χ1) is 17.7. The van der Waals surface area contributed by atoms with Crippen LogP contribution in [0.25, 0.3) is 0 Å². The highest BCUT2D eigenvalue weighted by Crippen LogP contribution is 2.55. The van der Waals surface area contributed by atoms with Gasteiger partial charge in [0.25, 0.3) is 0 Å². The molecule has 1 aliphatic carbocycles. The van der Waals surface area contributed by atoms with E-state index < -0.39 is 97.6 Å². The second kappa shape index (κ2) is 8.13. The van der Waals surface area contributed by atoms with Crippen LogP contribution in [0, 0.1) is 0 Å². The number of carboxylic acid groups (broad SMARTS) is 1. The maximum Gasteiger partial charge on any atom is 0.339 e. The average molecular weight is 548 g/mol. The zero-order valence-corrected chi connectivity index (χ0v) is 21.6. The Morgan fingerprint density at radius 1 is 0.821 bits per heavy atom. The Morgan fingerprint density at radius 3 is 1.92 bits per heavy atom. The Bertz CT molecular complexity index is 1450. The number of benzene rings is 2. The normalized spacial score (nSPS) is 33.9. The van der Waals surface area contributed by atoms with Gasteiger partial charge in [0.05, 0.1) is 12.2 Å². The lowest BCUT2D eigenvalue weighted by molar-refractivity contribution is -0.441. The standard InChI is InChI=1S/C26H28O13/c1-22(9-27)23(2,35)24(3,36)25(4,37)26(5,39-22)38-15-8-13-16(20(32)19(15)31)18(30)10-6-12(21(33)34)14(28)7-11(10)17(13)29/h6-8,27-28,31-32,35-37H,9H2,1-5H3,(H,33,34). The van der Waals surface area contributed by atoms with E-state index in [2.05, 4.69) is 0 Å². The lowest BCUT2D eigenvalue weighted by atomic mass is 9.61. The van der Waals surface area contributed by atoms with Crippen LogP contribution in [0.1, 0.15) is 76.8 Å². The number of phenols is 3. The van der Waals surface area contributed by atoms with Crippen LogP contribution in [0.2, 0.25) is 0 Å². The van der Waals surface area contributed by atoms with Gasteiger partial charge in [-0.3, -0.25) is 9.59 Å². The van der Waals surface area contributed by atoms with Crippen molar-refractivity contribution < 1.29 is 64.7 Å². The topological polar surface area (TPSA) is 232 Å². The molecule has 13 nitrogen and oxygen atoms in total. The Labute approximate surface area is 221 Å². The molecule has 1 heterocycles. The molecule has 2 aromatic carbocycles. The third-order valence-electron chi connectivity index (χ3n) is 8.40. The maximum absolute atomic E-state index is 13.3. The molecule has 1 fully saturated rings. The maximum atomic E-state index is 13.3. The van der Waals surface area contributed by atoms with Crippen LogP contribution in [0.4, 0.5) is 0 Å². The number of ether oxygens (including phenoxy) is 2. The molecule has 2 aliphatic rings. The number of fused-ring (bicyclic) bond motifs is 2. The van der Waals surface area contributed by atoms with Gasteiger partial charge in [0.15, 0.2) is 28.7 Å². The monoisotopic (exact) mass is 548 g/mol. The van der Waals surface area contributed by atoms with Crippen molar-refractivity contribution in [3.05, 3.63) is 46.0 Å². The first-order valence-corrected chi connectivity index (χ1v) is 11.6. The van der Waals surface area contributed by atoms with E-state index in [1.807, 2.05) is 0 Å². The number of carboxylic acids is 1. The summed E-state index contributed by atoms with van der Waals surface area (Å²) < 4.78 is 11.6. The number of ketones is 2. The molecule has 0 spiro atoms. The summed E-state index contributed by atoms with van der Waals surface area (Å²) in [5.74, 6) is -9.58. The molecule has 39 heavy (non-hydrogen) atoms. The summed E-state index contributed by atoms with van der Waals surface area (Å²) in [6, 6.07) is 2.42. The summed E-state index contributed by atoms with van der Waals surface area (Å²) in [5.41, 5.74) is -11.8. The fourth-order valence-electron chi connectivity index (χ4n) is 5.11. The first kappa shape index (κ1) is 28.3. The summed E-state index contributed by atoms with van der Waals surface area (Å²) in [4.78, 5) is 37.9. The van der Waals surface area contributed by atoms with Gasteiger partial charge >= 0.3 is 5.97 Å². The molecule has 4 rings (SSSR count). The molecule has 0 bridgehead atoms. The number of aliphatic hydroxyl groups excluding tert-OH is 1. The van der Waals surface area contributed by atoms with E-state index >= 15 is 0 Å². The minimum absolute atomic E-state index is 0.384. The van der Waals surface area contributed by atoms with Crippen LogP contribution in [-0.4, -0.2) is 93.2 Å². The molecule has 0 radical (unpaired) electrons. The molecule has 2 aromatic rings. The minimum Gasteiger partial charge on any atom is -0.507 e. The van der Waals surface area contributed by atoms with Gasteiger partial charge in [-0.25, -0.2) is 4.79 Å². The number of aromatic carboxylic acids is 1. The Hall–Kier alpha value is -3.75.